The Hall–Kier alpha value is -1.17. The molecule has 1 saturated heterocycles. The number of likely N-dealkylation sites (N-methyl/N-ethyl adjacent to an activating group) is 1. The Morgan fingerprint density at radius 2 is 2.33 bits per heavy atom. The molecule has 0 radical (unpaired) electrons. The zero-order valence-corrected chi connectivity index (χ0v) is 12.8. The highest BCUT2D eigenvalue weighted by molar-refractivity contribution is 5.29. The van der Waals surface area contributed by atoms with Gasteiger partial charge in [-0.1, -0.05) is 6.92 Å². The molecule has 3 heterocycles. The Morgan fingerprint density at radius 3 is 3.00 bits per heavy atom. The summed E-state index contributed by atoms with van der Waals surface area (Å²) in [5, 5.41) is 0. The summed E-state index contributed by atoms with van der Waals surface area (Å²) in [5.41, 5.74) is 9.03. The van der Waals surface area contributed by atoms with E-state index in [0.29, 0.717) is 13.1 Å². The van der Waals surface area contributed by atoms with E-state index in [0.717, 1.165) is 51.1 Å². The molecule has 21 heavy (non-hydrogen) atoms. The maximum atomic E-state index is 12.6. The highest BCUT2D eigenvalue weighted by Crippen LogP contribution is 2.21. The average molecular weight is 291 g/mol. The summed E-state index contributed by atoms with van der Waals surface area (Å²) in [5.74, 6) is 0. The molecule has 5 heteroatoms. The Morgan fingerprint density at radius 1 is 1.48 bits per heavy atom. The third-order valence-corrected chi connectivity index (χ3v) is 4.70. The molecule has 0 saturated carbocycles. The zero-order chi connectivity index (χ0) is 14.8. The van der Waals surface area contributed by atoms with Crippen LogP contribution in [0, 0.1) is 0 Å². The van der Waals surface area contributed by atoms with Gasteiger partial charge in [0.1, 0.15) is 0 Å². The lowest BCUT2D eigenvalue weighted by atomic mass is 10.0. The molecule has 0 aliphatic carbocycles. The monoisotopic (exact) mass is 291 g/mol. The fourth-order valence-electron chi connectivity index (χ4n) is 3.44. The van der Waals surface area contributed by atoms with Gasteiger partial charge in [0.2, 0.25) is 0 Å². The summed E-state index contributed by atoms with van der Waals surface area (Å²) in [6.07, 6.45) is 3.27. The predicted octanol–water partition coefficient (Wildman–Crippen LogP) is 0.864. The lowest BCUT2D eigenvalue weighted by Crippen LogP contribution is -2.39. The van der Waals surface area contributed by atoms with Crippen molar-refractivity contribution in [2.45, 2.75) is 51.9 Å². The summed E-state index contributed by atoms with van der Waals surface area (Å²) in [6.45, 7) is 6.98. The van der Waals surface area contributed by atoms with E-state index in [2.05, 4.69) is 11.8 Å². The van der Waals surface area contributed by atoms with Crippen molar-refractivity contribution < 1.29 is 4.74 Å². The molecule has 3 rings (SSSR count). The van der Waals surface area contributed by atoms with Crippen LogP contribution in [0.3, 0.4) is 0 Å². The van der Waals surface area contributed by atoms with Crippen molar-refractivity contribution in [1.82, 2.24) is 9.47 Å². The van der Waals surface area contributed by atoms with Gasteiger partial charge in [0.05, 0.1) is 12.6 Å². The van der Waals surface area contributed by atoms with Crippen LogP contribution in [0.25, 0.3) is 0 Å². The van der Waals surface area contributed by atoms with Crippen LogP contribution in [-0.4, -0.2) is 35.3 Å². The number of nitrogens with zero attached hydrogens (tertiary/aromatic N) is 2. The molecule has 2 N–H and O–H groups in total. The molecule has 1 aromatic heterocycles. The number of aromatic nitrogens is 1. The van der Waals surface area contributed by atoms with Gasteiger partial charge in [0.25, 0.3) is 5.56 Å². The second-order valence-electron chi connectivity index (χ2n) is 6.02. The highest BCUT2D eigenvalue weighted by atomic mass is 16.5. The molecule has 116 valence electrons. The predicted molar refractivity (Wildman–Crippen MR) is 82.2 cm³/mol. The van der Waals surface area contributed by atoms with Crippen molar-refractivity contribution in [2.24, 2.45) is 5.73 Å². The van der Waals surface area contributed by atoms with Gasteiger partial charge >= 0.3 is 0 Å². The van der Waals surface area contributed by atoms with Crippen molar-refractivity contribution in [1.29, 1.82) is 0 Å². The Balaban J connectivity index is 1.98. The van der Waals surface area contributed by atoms with Crippen LogP contribution >= 0.6 is 0 Å². The molecule has 1 fully saturated rings. The third-order valence-electron chi connectivity index (χ3n) is 4.70. The van der Waals surface area contributed by atoms with E-state index in [1.54, 1.807) is 0 Å². The Kier molecular flexibility index (Phi) is 4.42. The number of nitrogens with two attached hydrogens (primary N) is 1. The first-order valence-electron chi connectivity index (χ1n) is 8.01. The molecule has 0 bridgehead atoms. The van der Waals surface area contributed by atoms with Gasteiger partial charge in [0, 0.05) is 43.9 Å². The molecule has 2 aliphatic rings. The summed E-state index contributed by atoms with van der Waals surface area (Å²) in [6, 6.07) is 2.02. The van der Waals surface area contributed by atoms with E-state index in [9.17, 15) is 4.79 Å². The zero-order valence-electron chi connectivity index (χ0n) is 12.8. The van der Waals surface area contributed by atoms with E-state index < -0.39 is 0 Å². The van der Waals surface area contributed by atoms with Crippen LogP contribution in [0.5, 0.6) is 0 Å². The summed E-state index contributed by atoms with van der Waals surface area (Å²) >= 11 is 0. The van der Waals surface area contributed by atoms with Gasteiger partial charge in [-0.3, -0.25) is 9.69 Å². The molecule has 1 aromatic rings. The number of hydrogen-bond acceptors (Lipinski definition) is 4. The van der Waals surface area contributed by atoms with E-state index in [1.807, 2.05) is 10.6 Å². The summed E-state index contributed by atoms with van der Waals surface area (Å²) < 4.78 is 7.66. The SMILES string of the molecule is CCN1CCc2c(cc(CN)c(=O)n2CC2CCCO2)C1. The van der Waals surface area contributed by atoms with Crippen molar-refractivity contribution in [3.8, 4) is 0 Å². The van der Waals surface area contributed by atoms with Gasteiger partial charge in [-0.2, -0.15) is 0 Å². The fourth-order valence-corrected chi connectivity index (χ4v) is 3.44. The largest absolute Gasteiger partial charge is 0.376 e. The maximum absolute atomic E-state index is 12.6. The molecule has 0 spiro atoms. The van der Waals surface area contributed by atoms with Gasteiger partial charge in [-0.25, -0.2) is 0 Å². The second kappa shape index (κ2) is 6.30. The van der Waals surface area contributed by atoms with Crippen molar-refractivity contribution in [2.75, 3.05) is 19.7 Å². The minimum Gasteiger partial charge on any atom is -0.376 e. The van der Waals surface area contributed by atoms with E-state index in [4.69, 9.17) is 10.5 Å². The number of ether oxygens (including phenoxy) is 1. The molecule has 5 nitrogen and oxygen atoms in total. The smallest absolute Gasteiger partial charge is 0.255 e. The van der Waals surface area contributed by atoms with Crippen LogP contribution in [-0.2, 0) is 30.8 Å². The second-order valence-corrected chi connectivity index (χ2v) is 6.02. The molecule has 2 aliphatic heterocycles. The van der Waals surface area contributed by atoms with E-state index >= 15 is 0 Å². The normalized spacial score (nSPS) is 22.5. The minimum absolute atomic E-state index is 0.0803. The van der Waals surface area contributed by atoms with Crippen LogP contribution in [0.4, 0.5) is 0 Å². The molecular weight excluding hydrogens is 266 g/mol. The first-order chi connectivity index (χ1) is 10.2. The standard InChI is InChI=1S/C16H25N3O2/c1-2-18-6-5-15-13(10-18)8-12(9-17)16(20)19(15)11-14-4-3-7-21-14/h8,14H,2-7,9-11,17H2,1H3. The molecule has 1 unspecified atom stereocenters. The van der Waals surface area contributed by atoms with Gasteiger partial charge in [0.15, 0.2) is 0 Å². The first kappa shape index (κ1) is 14.8. The molecule has 0 aromatic carbocycles. The van der Waals surface area contributed by atoms with Crippen LogP contribution < -0.4 is 11.3 Å². The van der Waals surface area contributed by atoms with E-state index in [1.165, 1.54) is 11.3 Å². The molecular formula is C16H25N3O2. The lowest BCUT2D eigenvalue weighted by molar-refractivity contribution is 0.0946. The van der Waals surface area contributed by atoms with Crippen LogP contribution in [0.2, 0.25) is 0 Å². The van der Waals surface area contributed by atoms with Crippen molar-refractivity contribution in [3.63, 3.8) is 0 Å². The lowest BCUT2D eigenvalue weighted by Gasteiger charge is -2.30. The minimum atomic E-state index is 0.0803. The number of hydrogen-bond donors (Lipinski definition) is 1. The number of fused-ring (bicyclic) bond motifs is 1. The van der Waals surface area contributed by atoms with Crippen LogP contribution in [0.1, 0.15) is 36.6 Å². The van der Waals surface area contributed by atoms with Gasteiger partial charge < -0.3 is 15.0 Å². The van der Waals surface area contributed by atoms with Gasteiger partial charge in [-0.15, -0.1) is 0 Å². The van der Waals surface area contributed by atoms with Crippen LogP contribution in [0.15, 0.2) is 10.9 Å². The van der Waals surface area contributed by atoms with Gasteiger partial charge in [-0.05, 0) is 31.0 Å². The summed E-state index contributed by atoms with van der Waals surface area (Å²) in [7, 11) is 0. The first-order valence-corrected chi connectivity index (χ1v) is 8.01. The number of pyridine rings is 1. The third kappa shape index (κ3) is 2.91. The average Bonchev–Trinajstić information content (AvgIpc) is 3.02. The highest BCUT2D eigenvalue weighted by Gasteiger charge is 2.24. The Labute approximate surface area is 125 Å². The Bertz CT molecular complexity index is 561. The van der Waals surface area contributed by atoms with Crippen molar-refractivity contribution in [3.05, 3.63) is 33.2 Å². The quantitative estimate of drug-likeness (QED) is 0.894. The molecule has 1 atom stereocenters. The van der Waals surface area contributed by atoms with Crippen molar-refractivity contribution >= 4 is 0 Å². The summed E-state index contributed by atoms with van der Waals surface area (Å²) in [4.78, 5) is 15.0. The molecule has 0 amide bonds. The maximum Gasteiger partial charge on any atom is 0.255 e. The fraction of sp³-hybridized carbons (Fsp3) is 0.688. The topological polar surface area (TPSA) is 60.5 Å². The number of rotatable bonds is 4. The van der Waals surface area contributed by atoms with E-state index in [-0.39, 0.29) is 11.7 Å².